The third-order valence-corrected chi connectivity index (χ3v) is 6.62. The molecule has 2 fully saturated rings. The average Bonchev–Trinajstić information content (AvgIpc) is 3.22. The lowest BCUT2D eigenvalue weighted by molar-refractivity contribution is -0.129. The van der Waals surface area contributed by atoms with Crippen LogP contribution < -0.4 is 9.46 Å². The Morgan fingerprint density at radius 1 is 1.28 bits per heavy atom. The number of hydrogen-bond donors (Lipinski definition) is 1. The van der Waals surface area contributed by atoms with E-state index in [0.717, 1.165) is 18.4 Å². The van der Waals surface area contributed by atoms with Crippen molar-refractivity contribution in [3.8, 4) is 5.75 Å². The third kappa shape index (κ3) is 3.98. The minimum absolute atomic E-state index is 0.0266. The summed E-state index contributed by atoms with van der Waals surface area (Å²) in [5, 5.41) is 0. The topological polar surface area (TPSA) is 75.7 Å². The molecule has 1 aromatic rings. The number of likely N-dealkylation sites (tertiary alicyclic amines) is 1. The summed E-state index contributed by atoms with van der Waals surface area (Å²) in [7, 11) is -2.21. The second-order valence-corrected chi connectivity index (χ2v) is 8.80. The highest BCUT2D eigenvalue weighted by Gasteiger charge is 2.36. The van der Waals surface area contributed by atoms with E-state index in [1.54, 1.807) is 12.1 Å². The predicted octanol–water partition coefficient (Wildman–Crippen LogP) is 2.07. The standard InChI is InChI=1S/C18H26N2O4S/c1-13-7-8-16(24-2)17(9-13)25(22,23)19-11-14-10-18(21)20(12-14)15-5-3-4-6-15/h7-9,14-15,19H,3-6,10-12H2,1-2H3/t14-/m1/s1. The Morgan fingerprint density at radius 3 is 2.68 bits per heavy atom. The highest BCUT2D eigenvalue weighted by Crippen LogP contribution is 2.30. The van der Waals surface area contributed by atoms with Gasteiger partial charge in [-0.25, -0.2) is 13.1 Å². The Kier molecular flexibility index (Phi) is 5.34. The number of hydrogen-bond acceptors (Lipinski definition) is 4. The number of amides is 1. The van der Waals surface area contributed by atoms with E-state index in [1.165, 1.54) is 20.0 Å². The monoisotopic (exact) mass is 366 g/mol. The number of rotatable bonds is 6. The zero-order chi connectivity index (χ0) is 18.0. The van der Waals surface area contributed by atoms with Gasteiger partial charge in [-0.05, 0) is 43.4 Å². The third-order valence-electron chi connectivity index (χ3n) is 5.17. The number of methoxy groups -OCH3 is 1. The molecule has 1 aliphatic heterocycles. The van der Waals surface area contributed by atoms with Crippen LogP contribution in [0.25, 0.3) is 0 Å². The largest absolute Gasteiger partial charge is 0.495 e. The van der Waals surface area contributed by atoms with Gasteiger partial charge in [0.25, 0.3) is 0 Å². The molecule has 1 atom stereocenters. The Hall–Kier alpha value is -1.60. The van der Waals surface area contributed by atoms with Crippen molar-refractivity contribution in [2.75, 3.05) is 20.2 Å². The summed E-state index contributed by atoms with van der Waals surface area (Å²) in [5.74, 6) is 0.510. The second kappa shape index (κ2) is 7.33. The molecule has 1 amide bonds. The minimum atomic E-state index is -3.67. The maximum Gasteiger partial charge on any atom is 0.244 e. The summed E-state index contributed by atoms with van der Waals surface area (Å²) in [6.45, 7) is 2.76. The Bertz CT molecular complexity index is 741. The number of carbonyl (C=O) groups excluding carboxylic acids is 1. The molecule has 25 heavy (non-hydrogen) atoms. The summed E-state index contributed by atoms with van der Waals surface area (Å²) < 4.78 is 33.1. The number of nitrogens with zero attached hydrogens (tertiary/aromatic N) is 1. The molecule has 0 spiro atoms. The van der Waals surface area contributed by atoms with Gasteiger partial charge in [-0.15, -0.1) is 0 Å². The van der Waals surface area contributed by atoms with E-state index in [-0.39, 0.29) is 23.3 Å². The van der Waals surface area contributed by atoms with Crippen LogP contribution in [0.4, 0.5) is 0 Å². The molecule has 1 saturated heterocycles. The van der Waals surface area contributed by atoms with E-state index < -0.39 is 10.0 Å². The van der Waals surface area contributed by atoms with Gasteiger partial charge in [-0.2, -0.15) is 0 Å². The van der Waals surface area contributed by atoms with Crippen LogP contribution in [0.1, 0.15) is 37.7 Å². The van der Waals surface area contributed by atoms with Crippen molar-refractivity contribution in [3.63, 3.8) is 0 Å². The number of benzene rings is 1. The normalized spacial score (nSPS) is 21.9. The van der Waals surface area contributed by atoms with E-state index in [2.05, 4.69) is 4.72 Å². The number of ether oxygens (including phenoxy) is 1. The Balaban J connectivity index is 1.65. The molecule has 1 aliphatic carbocycles. The van der Waals surface area contributed by atoms with E-state index in [0.29, 0.717) is 24.8 Å². The molecule has 6 nitrogen and oxygen atoms in total. The van der Waals surface area contributed by atoms with Crippen LogP contribution >= 0.6 is 0 Å². The van der Waals surface area contributed by atoms with Gasteiger partial charge in [0.05, 0.1) is 7.11 Å². The van der Waals surface area contributed by atoms with E-state index in [9.17, 15) is 13.2 Å². The molecule has 3 rings (SSSR count). The van der Waals surface area contributed by atoms with Crippen molar-refractivity contribution in [1.82, 2.24) is 9.62 Å². The molecule has 138 valence electrons. The van der Waals surface area contributed by atoms with Crippen molar-refractivity contribution in [2.24, 2.45) is 5.92 Å². The fourth-order valence-corrected chi connectivity index (χ4v) is 5.18. The summed E-state index contributed by atoms with van der Waals surface area (Å²) in [6, 6.07) is 5.43. The lowest BCUT2D eigenvalue weighted by atomic mass is 10.1. The van der Waals surface area contributed by atoms with Crippen molar-refractivity contribution < 1.29 is 17.9 Å². The van der Waals surface area contributed by atoms with Crippen molar-refractivity contribution in [1.29, 1.82) is 0 Å². The van der Waals surface area contributed by atoms with Gasteiger partial charge < -0.3 is 9.64 Å². The van der Waals surface area contributed by atoms with Gasteiger partial charge in [-0.3, -0.25) is 4.79 Å². The van der Waals surface area contributed by atoms with Gasteiger partial charge >= 0.3 is 0 Å². The highest BCUT2D eigenvalue weighted by atomic mass is 32.2. The molecular formula is C18H26N2O4S. The molecule has 0 bridgehead atoms. The van der Waals surface area contributed by atoms with E-state index in [4.69, 9.17) is 4.74 Å². The summed E-state index contributed by atoms with van der Waals surface area (Å²) in [5.41, 5.74) is 0.852. The first-order chi connectivity index (χ1) is 11.9. The van der Waals surface area contributed by atoms with Crippen LogP contribution in [-0.2, 0) is 14.8 Å². The summed E-state index contributed by atoms with van der Waals surface area (Å²) in [6.07, 6.45) is 4.93. The molecule has 1 N–H and O–H groups in total. The Morgan fingerprint density at radius 2 is 2.00 bits per heavy atom. The van der Waals surface area contributed by atoms with Crippen LogP contribution in [0.3, 0.4) is 0 Å². The van der Waals surface area contributed by atoms with Crippen LogP contribution in [0.15, 0.2) is 23.1 Å². The molecule has 0 radical (unpaired) electrons. The first-order valence-electron chi connectivity index (χ1n) is 8.84. The molecule has 1 aromatic carbocycles. The van der Waals surface area contributed by atoms with E-state index in [1.807, 2.05) is 17.9 Å². The molecule has 0 aromatic heterocycles. The number of sulfonamides is 1. The quantitative estimate of drug-likeness (QED) is 0.836. The summed E-state index contributed by atoms with van der Waals surface area (Å²) >= 11 is 0. The lowest BCUT2D eigenvalue weighted by Crippen LogP contribution is -2.36. The van der Waals surface area contributed by atoms with Gasteiger partial charge in [0, 0.05) is 25.6 Å². The second-order valence-electron chi connectivity index (χ2n) is 7.06. The SMILES string of the molecule is COc1ccc(C)cc1S(=O)(=O)NC[C@H]1CC(=O)N(C2CCCC2)C1. The molecule has 1 saturated carbocycles. The van der Waals surface area contributed by atoms with Crippen LogP contribution in [0, 0.1) is 12.8 Å². The van der Waals surface area contributed by atoms with Gasteiger partial charge in [-0.1, -0.05) is 18.9 Å². The smallest absolute Gasteiger partial charge is 0.244 e. The van der Waals surface area contributed by atoms with Crippen LogP contribution in [0.5, 0.6) is 5.75 Å². The van der Waals surface area contributed by atoms with Gasteiger partial charge in [0.15, 0.2) is 0 Å². The number of nitrogens with one attached hydrogen (secondary N) is 1. The van der Waals surface area contributed by atoms with Gasteiger partial charge in [0.2, 0.25) is 15.9 Å². The molecule has 7 heteroatoms. The van der Waals surface area contributed by atoms with Crippen LogP contribution in [0.2, 0.25) is 0 Å². The fourth-order valence-electron chi connectivity index (χ4n) is 3.81. The molecule has 0 unspecified atom stereocenters. The highest BCUT2D eigenvalue weighted by molar-refractivity contribution is 7.89. The Labute approximate surface area is 149 Å². The fraction of sp³-hybridized carbons (Fsp3) is 0.611. The maximum absolute atomic E-state index is 12.7. The van der Waals surface area contributed by atoms with Crippen LogP contribution in [-0.4, -0.2) is 45.5 Å². The number of carbonyl (C=O) groups is 1. The minimum Gasteiger partial charge on any atom is -0.495 e. The van der Waals surface area contributed by atoms with Crippen molar-refractivity contribution in [2.45, 2.75) is 50.0 Å². The first kappa shape index (κ1) is 18.2. The van der Waals surface area contributed by atoms with Crippen molar-refractivity contribution in [3.05, 3.63) is 23.8 Å². The zero-order valence-corrected chi connectivity index (χ0v) is 15.6. The zero-order valence-electron chi connectivity index (χ0n) is 14.8. The average molecular weight is 366 g/mol. The maximum atomic E-state index is 12.7. The number of aryl methyl sites for hydroxylation is 1. The van der Waals surface area contributed by atoms with Gasteiger partial charge in [0.1, 0.15) is 10.6 Å². The summed E-state index contributed by atoms with van der Waals surface area (Å²) in [4.78, 5) is 14.3. The predicted molar refractivity (Wildman–Crippen MR) is 95.0 cm³/mol. The molecule has 1 heterocycles. The first-order valence-corrected chi connectivity index (χ1v) is 10.3. The van der Waals surface area contributed by atoms with E-state index >= 15 is 0 Å². The van der Waals surface area contributed by atoms with Crippen molar-refractivity contribution >= 4 is 15.9 Å². The molecule has 2 aliphatic rings. The lowest BCUT2D eigenvalue weighted by Gasteiger charge is -2.24. The molecular weight excluding hydrogens is 340 g/mol.